The van der Waals surface area contributed by atoms with Crippen molar-refractivity contribution in [2.45, 2.75) is 19.9 Å². The van der Waals surface area contributed by atoms with Gasteiger partial charge in [-0.1, -0.05) is 0 Å². The molecule has 0 aliphatic carbocycles. The summed E-state index contributed by atoms with van der Waals surface area (Å²) in [7, 11) is 0. The van der Waals surface area contributed by atoms with Crippen molar-refractivity contribution in [2.24, 2.45) is 5.92 Å². The van der Waals surface area contributed by atoms with Crippen LogP contribution >= 0.6 is 0 Å². The maximum atomic E-state index is 10.6. The van der Waals surface area contributed by atoms with Gasteiger partial charge in [-0.25, -0.2) is 0 Å². The van der Waals surface area contributed by atoms with Crippen molar-refractivity contribution in [3.8, 4) is 0 Å². The summed E-state index contributed by atoms with van der Waals surface area (Å²) in [4.78, 5) is 21.2. The molecule has 6 heteroatoms. The van der Waals surface area contributed by atoms with Crippen molar-refractivity contribution in [3.05, 3.63) is 18.0 Å². The van der Waals surface area contributed by atoms with Crippen molar-refractivity contribution in [3.63, 3.8) is 0 Å². The largest absolute Gasteiger partial charge is 0.481 e. The van der Waals surface area contributed by atoms with E-state index in [1.54, 1.807) is 10.9 Å². The Labute approximate surface area is 86.1 Å². The lowest BCUT2D eigenvalue weighted by Gasteiger charge is -2.04. The maximum Gasteiger partial charge on any atom is 0.318 e. The van der Waals surface area contributed by atoms with Crippen molar-refractivity contribution in [1.82, 2.24) is 9.78 Å². The minimum atomic E-state index is -1.40. The average Bonchev–Trinajstić information content (AvgIpc) is 2.60. The lowest BCUT2D eigenvalue weighted by molar-refractivity contribution is -0.154. The van der Waals surface area contributed by atoms with Crippen molar-refractivity contribution in [1.29, 1.82) is 0 Å². The molecule has 82 valence electrons. The van der Waals surface area contributed by atoms with Crippen LogP contribution in [0.15, 0.2) is 12.4 Å². The number of aryl methyl sites for hydroxylation is 1. The minimum absolute atomic E-state index is 0.0370. The highest BCUT2D eigenvalue weighted by atomic mass is 16.4. The maximum absolute atomic E-state index is 10.6. The molecule has 15 heavy (non-hydrogen) atoms. The van der Waals surface area contributed by atoms with Gasteiger partial charge in [0, 0.05) is 12.7 Å². The standard InChI is InChI=1S/C9H12N2O4/c1-2-11-5-6(4-10-11)3-7(8(12)13)9(14)15/h4-5,7H,2-3H2,1H3,(H,12,13)(H,14,15). The van der Waals surface area contributed by atoms with Crippen LogP contribution in [0.1, 0.15) is 12.5 Å². The van der Waals surface area contributed by atoms with E-state index in [1.807, 2.05) is 6.92 Å². The fraction of sp³-hybridized carbons (Fsp3) is 0.444. The number of carbonyl (C=O) groups is 2. The lowest BCUT2D eigenvalue weighted by atomic mass is 10.0. The number of nitrogens with zero attached hydrogens (tertiary/aromatic N) is 2. The second kappa shape index (κ2) is 4.59. The third-order valence-electron chi connectivity index (χ3n) is 2.05. The SMILES string of the molecule is CCn1cc(CC(C(=O)O)C(=O)O)cn1. The summed E-state index contributed by atoms with van der Waals surface area (Å²) in [6.07, 6.45) is 3.10. The number of aliphatic carboxylic acids is 2. The van der Waals surface area contributed by atoms with Crippen LogP contribution in [0.5, 0.6) is 0 Å². The average molecular weight is 212 g/mol. The molecule has 0 fully saturated rings. The predicted molar refractivity (Wildman–Crippen MR) is 50.4 cm³/mol. The Morgan fingerprint density at radius 2 is 2.07 bits per heavy atom. The van der Waals surface area contributed by atoms with E-state index in [0.29, 0.717) is 12.1 Å². The molecule has 0 amide bonds. The third-order valence-corrected chi connectivity index (χ3v) is 2.05. The molecule has 0 radical (unpaired) electrons. The van der Waals surface area contributed by atoms with E-state index in [9.17, 15) is 9.59 Å². The summed E-state index contributed by atoms with van der Waals surface area (Å²) in [6, 6.07) is 0. The molecule has 0 spiro atoms. The predicted octanol–water partition coefficient (Wildman–Crippen LogP) is 0.231. The summed E-state index contributed by atoms with van der Waals surface area (Å²) in [5, 5.41) is 21.3. The monoisotopic (exact) mass is 212 g/mol. The zero-order chi connectivity index (χ0) is 11.4. The van der Waals surface area contributed by atoms with E-state index in [1.165, 1.54) is 6.20 Å². The zero-order valence-electron chi connectivity index (χ0n) is 8.25. The molecule has 0 bridgehead atoms. The number of hydrogen-bond acceptors (Lipinski definition) is 3. The van der Waals surface area contributed by atoms with Crippen LogP contribution in [0.4, 0.5) is 0 Å². The molecule has 0 aromatic carbocycles. The second-order valence-corrected chi connectivity index (χ2v) is 3.14. The van der Waals surface area contributed by atoms with E-state index >= 15 is 0 Å². The van der Waals surface area contributed by atoms with Gasteiger partial charge in [-0.3, -0.25) is 14.3 Å². The number of carboxylic acids is 2. The van der Waals surface area contributed by atoms with Crippen LogP contribution in [-0.4, -0.2) is 31.9 Å². The van der Waals surface area contributed by atoms with Gasteiger partial charge in [-0.05, 0) is 18.9 Å². The second-order valence-electron chi connectivity index (χ2n) is 3.14. The fourth-order valence-corrected chi connectivity index (χ4v) is 1.20. The Hall–Kier alpha value is -1.85. The first-order valence-corrected chi connectivity index (χ1v) is 4.51. The Bertz CT molecular complexity index is 358. The van der Waals surface area contributed by atoms with Gasteiger partial charge in [0.1, 0.15) is 0 Å². The summed E-state index contributed by atoms with van der Waals surface area (Å²) in [5.41, 5.74) is 0.617. The van der Waals surface area contributed by atoms with Crippen LogP contribution in [0.2, 0.25) is 0 Å². The first-order chi connectivity index (χ1) is 7.04. The molecular weight excluding hydrogens is 200 g/mol. The highest BCUT2D eigenvalue weighted by Gasteiger charge is 2.26. The van der Waals surface area contributed by atoms with E-state index < -0.39 is 17.9 Å². The van der Waals surface area contributed by atoms with Gasteiger partial charge in [-0.2, -0.15) is 5.10 Å². The van der Waals surface area contributed by atoms with Gasteiger partial charge in [-0.15, -0.1) is 0 Å². The van der Waals surface area contributed by atoms with E-state index in [4.69, 9.17) is 10.2 Å². The van der Waals surface area contributed by atoms with Crippen LogP contribution in [0, 0.1) is 5.92 Å². The molecule has 1 rings (SSSR count). The van der Waals surface area contributed by atoms with E-state index in [-0.39, 0.29) is 6.42 Å². The molecule has 0 atom stereocenters. The number of carboxylic acid groups (broad SMARTS) is 2. The molecule has 0 saturated heterocycles. The fourth-order valence-electron chi connectivity index (χ4n) is 1.20. The number of rotatable bonds is 5. The van der Waals surface area contributed by atoms with Gasteiger partial charge in [0.05, 0.1) is 6.20 Å². The summed E-state index contributed by atoms with van der Waals surface area (Å²) in [6.45, 7) is 2.56. The van der Waals surface area contributed by atoms with E-state index in [2.05, 4.69) is 5.10 Å². The van der Waals surface area contributed by atoms with Gasteiger partial charge in [0.15, 0.2) is 5.92 Å². The summed E-state index contributed by atoms with van der Waals surface area (Å²) < 4.78 is 1.62. The van der Waals surface area contributed by atoms with Crippen molar-refractivity contribution in [2.75, 3.05) is 0 Å². The Morgan fingerprint density at radius 1 is 1.47 bits per heavy atom. The molecule has 6 nitrogen and oxygen atoms in total. The first kappa shape index (κ1) is 11.2. The highest BCUT2D eigenvalue weighted by molar-refractivity contribution is 5.93. The summed E-state index contributed by atoms with van der Waals surface area (Å²) in [5.74, 6) is -4.06. The first-order valence-electron chi connectivity index (χ1n) is 4.51. The van der Waals surface area contributed by atoms with Gasteiger partial charge in [0.25, 0.3) is 0 Å². The quantitative estimate of drug-likeness (QED) is 0.681. The Morgan fingerprint density at radius 3 is 2.47 bits per heavy atom. The third kappa shape index (κ3) is 2.80. The van der Waals surface area contributed by atoms with Gasteiger partial charge < -0.3 is 10.2 Å². The van der Waals surface area contributed by atoms with Crippen molar-refractivity contribution >= 4 is 11.9 Å². The highest BCUT2D eigenvalue weighted by Crippen LogP contribution is 2.09. The molecule has 0 aliphatic heterocycles. The smallest absolute Gasteiger partial charge is 0.318 e. The van der Waals surface area contributed by atoms with Crippen LogP contribution in [0.3, 0.4) is 0 Å². The van der Waals surface area contributed by atoms with Crippen LogP contribution < -0.4 is 0 Å². The van der Waals surface area contributed by atoms with Crippen molar-refractivity contribution < 1.29 is 19.8 Å². The van der Waals surface area contributed by atoms with E-state index in [0.717, 1.165) is 0 Å². The van der Waals surface area contributed by atoms with Gasteiger partial charge in [0.2, 0.25) is 0 Å². The Balaban J connectivity index is 2.74. The summed E-state index contributed by atoms with van der Waals surface area (Å²) >= 11 is 0. The van der Waals surface area contributed by atoms with Gasteiger partial charge >= 0.3 is 11.9 Å². The lowest BCUT2D eigenvalue weighted by Crippen LogP contribution is -2.25. The molecule has 2 N–H and O–H groups in total. The Kier molecular flexibility index (Phi) is 3.43. The molecule has 1 aromatic heterocycles. The minimum Gasteiger partial charge on any atom is -0.481 e. The normalized spacial score (nSPS) is 10.5. The van der Waals surface area contributed by atoms with Crippen LogP contribution in [0.25, 0.3) is 0 Å². The molecule has 0 saturated carbocycles. The molecule has 1 heterocycles. The number of hydrogen-bond donors (Lipinski definition) is 2. The van der Waals surface area contributed by atoms with Crippen LogP contribution in [-0.2, 0) is 22.6 Å². The number of aromatic nitrogens is 2. The molecule has 0 aliphatic rings. The topological polar surface area (TPSA) is 92.4 Å². The molecule has 1 aromatic rings. The molecule has 0 unspecified atom stereocenters. The zero-order valence-corrected chi connectivity index (χ0v) is 8.25. The molecular formula is C9H12N2O4.